The summed E-state index contributed by atoms with van der Waals surface area (Å²) in [6.45, 7) is 6.23. The second-order valence-electron chi connectivity index (χ2n) is 10.4. The first-order chi connectivity index (χ1) is 15.9. The van der Waals surface area contributed by atoms with Crippen LogP contribution < -0.4 is 11.1 Å². The van der Waals surface area contributed by atoms with Gasteiger partial charge in [0.05, 0.1) is 5.56 Å². The third-order valence-electron chi connectivity index (χ3n) is 7.06. The molecule has 2 aliphatic rings. The van der Waals surface area contributed by atoms with Crippen LogP contribution in [0, 0.1) is 11.3 Å². The van der Waals surface area contributed by atoms with E-state index in [0.29, 0.717) is 47.9 Å². The predicted octanol–water partition coefficient (Wildman–Crippen LogP) is 5.12. The monoisotopic (exact) mass is 496 g/mol. The topological polar surface area (TPSA) is 90.0 Å². The molecule has 0 bridgehead atoms. The van der Waals surface area contributed by atoms with Gasteiger partial charge in [0.1, 0.15) is 11.5 Å². The second-order valence-corrected chi connectivity index (χ2v) is 11.5. The van der Waals surface area contributed by atoms with Crippen molar-refractivity contribution in [1.29, 1.82) is 0 Å². The van der Waals surface area contributed by atoms with Crippen molar-refractivity contribution in [2.45, 2.75) is 84.9 Å². The first-order valence-corrected chi connectivity index (χ1v) is 12.6. The minimum atomic E-state index is -4.56. The summed E-state index contributed by atoms with van der Waals surface area (Å²) in [5.74, 6) is -0.672. The van der Waals surface area contributed by atoms with Crippen LogP contribution in [-0.2, 0) is 43.2 Å². The van der Waals surface area contributed by atoms with Gasteiger partial charge in [-0.2, -0.15) is 18.3 Å². The fourth-order valence-corrected chi connectivity index (χ4v) is 6.53. The van der Waals surface area contributed by atoms with Gasteiger partial charge in [-0.3, -0.25) is 14.3 Å². The molecule has 0 radical (unpaired) electrons. The number of hydrogen-bond acceptors (Lipinski definition) is 4. The van der Waals surface area contributed by atoms with Crippen LogP contribution in [0.5, 0.6) is 0 Å². The van der Waals surface area contributed by atoms with Gasteiger partial charge in [-0.25, -0.2) is 0 Å². The van der Waals surface area contributed by atoms with Crippen LogP contribution in [0.15, 0.2) is 0 Å². The van der Waals surface area contributed by atoms with Crippen LogP contribution in [0.3, 0.4) is 0 Å². The average Bonchev–Trinajstić information content (AvgIpc) is 3.14. The van der Waals surface area contributed by atoms with E-state index in [1.165, 1.54) is 16.0 Å². The van der Waals surface area contributed by atoms with Crippen LogP contribution in [-0.4, -0.2) is 21.6 Å². The molecular weight excluding hydrogens is 465 g/mol. The lowest BCUT2D eigenvalue weighted by atomic mass is 9.72. The number of alkyl halides is 3. The van der Waals surface area contributed by atoms with E-state index in [0.717, 1.165) is 36.1 Å². The van der Waals surface area contributed by atoms with E-state index >= 15 is 0 Å². The Morgan fingerprint density at radius 1 is 1.12 bits per heavy atom. The van der Waals surface area contributed by atoms with Gasteiger partial charge >= 0.3 is 6.18 Å². The number of nitrogens with zero attached hydrogens (tertiary/aromatic N) is 2. The molecule has 0 fully saturated rings. The number of nitrogens with one attached hydrogen (secondary N) is 1. The quantitative estimate of drug-likeness (QED) is 0.576. The molecule has 0 spiro atoms. The summed E-state index contributed by atoms with van der Waals surface area (Å²) in [7, 11) is 0. The Balaban J connectivity index is 1.59. The maximum atomic E-state index is 13.6. The van der Waals surface area contributed by atoms with Gasteiger partial charge < -0.3 is 11.1 Å². The van der Waals surface area contributed by atoms with Gasteiger partial charge in [-0.05, 0) is 61.8 Å². The Morgan fingerprint density at radius 3 is 2.47 bits per heavy atom. The number of hydrogen-bond donors (Lipinski definition) is 2. The second kappa shape index (κ2) is 9.02. The standard InChI is InChI=1S/C24H31F3N4O2S/c1-23(2,3)13-9-10-15-17(11-13)34-22(19(15)21(28)33)29-18(32)12-31-16-8-6-4-5-7-14(16)20(30-31)24(25,26)27/h13H,4-12H2,1-3H3,(H2,28,33)(H,29,32)/t13-/m0/s1. The van der Waals surface area contributed by atoms with E-state index in [-0.39, 0.29) is 17.5 Å². The van der Waals surface area contributed by atoms with Crippen LogP contribution in [0.2, 0.25) is 0 Å². The van der Waals surface area contributed by atoms with Crippen LogP contribution >= 0.6 is 11.3 Å². The number of nitrogens with two attached hydrogens (primary N) is 1. The zero-order valence-electron chi connectivity index (χ0n) is 19.8. The number of carbonyl (C=O) groups excluding carboxylic acids is 2. The van der Waals surface area contributed by atoms with Crippen molar-refractivity contribution < 1.29 is 22.8 Å². The Kier molecular flexibility index (Phi) is 6.56. The maximum Gasteiger partial charge on any atom is 0.435 e. The molecule has 186 valence electrons. The highest BCUT2D eigenvalue weighted by Gasteiger charge is 2.39. The van der Waals surface area contributed by atoms with Crippen molar-refractivity contribution in [3.63, 3.8) is 0 Å². The Hall–Kier alpha value is -2.36. The van der Waals surface area contributed by atoms with Crippen LogP contribution in [0.1, 0.15) is 84.2 Å². The van der Waals surface area contributed by atoms with E-state index in [1.807, 2.05) is 0 Å². The van der Waals surface area contributed by atoms with Crippen molar-refractivity contribution in [2.75, 3.05) is 5.32 Å². The molecule has 0 aromatic carbocycles. The van der Waals surface area contributed by atoms with Crippen molar-refractivity contribution in [2.24, 2.45) is 17.1 Å². The summed E-state index contributed by atoms with van der Waals surface area (Å²) in [6.07, 6.45) is 0.930. The predicted molar refractivity (Wildman–Crippen MR) is 125 cm³/mol. The molecule has 2 aliphatic carbocycles. The summed E-state index contributed by atoms with van der Waals surface area (Å²) in [5.41, 5.74) is 6.79. The molecule has 0 saturated heterocycles. The molecule has 3 N–H and O–H groups in total. The smallest absolute Gasteiger partial charge is 0.365 e. The molecule has 2 aromatic rings. The van der Waals surface area contributed by atoms with Crippen molar-refractivity contribution in [3.8, 4) is 0 Å². The minimum Gasteiger partial charge on any atom is -0.365 e. The molecule has 10 heteroatoms. The van der Waals surface area contributed by atoms with Gasteiger partial charge in [-0.15, -0.1) is 11.3 Å². The number of thiophene rings is 1. The lowest BCUT2D eigenvalue weighted by molar-refractivity contribution is -0.142. The number of primary amides is 1. The minimum absolute atomic E-state index is 0.117. The van der Waals surface area contributed by atoms with E-state index in [1.54, 1.807) is 0 Å². The maximum absolute atomic E-state index is 13.6. The fraction of sp³-hybridized carbons (Fsp3) is 0.625. The van der Waals surface area contributed by atoms with Gasteiger partial charge in [0, 0.05) is 16.1 Å². The third kappa shape index (κ3) is 4.87. The molecule has 2 aromatic heterocycles. The molecule has 2 heterocycles. The van der Waals surface area contributed by atoms with Gasteiger partial charge in [0.25, 0.3) is 5.91 Å². The Labute approximate surface area is 201 Å². The molecular formula is C24H31F3N4O2S. The number of carbonyl (C=O) groups is 2. The number of fused-ring (bicyclic) bond motifs is 2. The number of rotatable bonds is 4. The van der Waals surface area contributed by atoms with Gasteiger partial charge in [0.2, 0.25) is 5.91 Å². The van der Waals surface area contributed by atoms with E-state index in [2.05, 4.69) is 31.2 Å². The summed E-state index contributed by atoms with van der Waals surface area (Å²) in [6, 6.07) is 0. The third-order valence-corrected chi connectivity index (χ3v) is 8.23. The zero-order valence-corrected chi connectivity index (χ0v) is 20.6. The molecule has 34 heavy (non-hydrogen) atoms. The van der Waals surface area contributed by atoms with Gasteiger partial charge in [-0.1, -0.05) is 27.2 Å². The number of anilines is 1. The molecule has 0 saturated carbocycles. The highest BCUT2D eigenvalue weighted by atomic mass is 32.1. The van der Waals surface area contributed by atoms with Crippen molar-refractivity contribution >= 4 is 28.2 Å². The summed E-state index contributed by atoms with van der Waals surface area (Å²) >= 11 is 1.35. The highest BCUT2D eigenvalue weighted by Crippen LogP contribution is 2.44. The summed E-state index contributed by atoms with van der Waals surface area (Å²) in [5, 5.41) is 6.93. The number of amides is 2. The van der Waals surface area contributed by atoms with E-state index in [4.69, 9.17) is 5.73 Å². The fourth-order valence-electron chi connectivity index (χ4n) is 5.18. The van der Waals surface area contributed by atoms with E-state index < -0.39 is 23.7 Å². The van der Waals surface area contributed by atoms with Crippen molar-refractivity contribution in [1.82, 2.24) is 9.78 Å². The van der Waals surface area contributed by atoms with E-state index in [9.17, 15) is 22.8 Å². The lowest BCUT2D eigenvalue weighted by Crippen LogP contribution is -2.27. The SMILES string of the molecule is CC(C)(C)[C@H]1CCc2c(sc(NC(=O)Cn3nc(C(F)(F)F)c4c3CCCCC4)c2C(N)=O)C1. The average molecular weight is 497 g/mol. The molecule has 0 aliphatic heterocycles. The normalized spacial score (nSPS) is 18.7. The molecule has 6 nitrogen and oxygen atoms in total. The number of aromatic nitrogens is 2. The lowest BCUT2D eigenvalue weighted by Gasteiger charge is -2.33. The summed E-state index contributed by atoms with van der Waals surface area (Å²) in [4.78, 5) is 26.2. The highest BCUT2D eigenvalue weighted by molar-refractivity contribution is 7.17. The number of halogens is 3. The van der Waals surface area contributed by atoms with Crippen molar-refractivity contribution in [3.05, 3.63) is 33.0 Å². The molecule has 0 unspecified atom stereocenters. The first kappa shape index (κ1) is 24.8. The largest absolute Gasteiger partial charge is 0.435 e. The van der Waals surface area contributed by atoms with Gasteiger partial charge in [0.15, 0.2) is 5.69 Å². The molecule has 2 amide bonds. The first-order valence-electron chi connectivity index (χ1n) is 11.8. The molecule has 4 rings (SSSR count). The van der Waals surface area contributed by atoms with Crippen LogP contribution in [0.25, 0.3) is 0 Å². The van der Waals surface area contributed by atoms with Crippen LogP contribution in [0.4, 0.5) is 18.2 Å². The zero-order chi connectivity index (χ0) is 24.8. The Bertz CT molecular complexity index is 1110. The molecule has 1 atom stereocenters. The Morgan fingerprint density at radius 2 is 1.82 bits per heavy atom. The summed E-state index contributed by atoms with van der Waals surface area (Å²) < 4.78 is 41.9.